The van der Waals surface area contributed by atoms with E-state index in [0.717, 1.165) is 18.7 Å². The van der Waals surface area contributed by atoms with Crippen molar-refractivity contribution in [2.45, 2.75) is 13.3 Å². The SMILES string of the molecule is CC(CCO)CNc1cnccc1C#N. The fraction of sp³-hybridized carbons (Fsp3) is 0.455. The fourth-order valence-electron chi connectivity index (χ4n) is 1.24. The molecule has 0 amide bonds. The molecule has 80 valence electrons. The van der Waals surface area contributed by atoms with Crippen molar-refractivity contribution in [2.24, 2.45) is 5.92 Å². The summed E-state index contributed by atoms with van der Waals surface area (Å²) in [7, 11) is 0. The highest BCUT2D eigenvalue weighted by molar-refractivity contribution is 5.55. The summed E-state index contributed by atoms with van der Waals surface area (Å²) in [5, 5.41) is 20.7. The predicted molar refractivity (Wildman–Crippen MR) is 58.3 cm³/mol. The molecule has 0 saturated heterocycles. The molecule has 0 bridgehead atoms. The van der Waals surface area contributed by atoms with E-state index in [1.54, 1.807) is 18.5 Å². The summed E-state index contributed by atoms with van der Waals surface area (Å²) in [4.78, 5) is 3.95. The zero-order chi connectivity index (χ0) is 11.1. The minimum Gasteiger partial charge on any atom is -0.396 e. The van der Waals surface area contributed by atoms with Gasteiger partial charge < -0.3 is 10.4 Å². The second kappa shape index (κ2) is 5.99. The van der Waals surface area contributed by atoms with Crippen LogP contribution in [-0.2, 0) is 0 Å². The van der Waals surface area contributed by atoms with Crippen LogP contribution in [0.2, 0.25) is 0 Å². The van der Waals surface area contributed by atoms with Crippen molar-refractivity contribution in [3.8, 4) is 6.07 Å². The first-order valence-corrected chi connectivity index (χ1v) is 4.96. The van der Waals surface area contributed by atoms with Crippen molar-refractivity contribution in [2.75, 3.05) is 18.5 Å². The third-order valence-corrected chi connectivity index (χ3v) is 2.20. The monoisotopic (exact) mass is 205 g/mol. The number of aliphatic hydroxyl groups excluding tert-OH is 1. The zero-order valence-electron chi connectivity index (χ0n) is 8.77. The van der Waals surface area contributed by atoms with E-state index in [4.69, 9.17) is 10.4 Å². The fourth-order valence-corrected chi connectivity index (χ4v) is 1.24. The Bertz CT molecular complexity index is 346. The van der Waals surface area contributed by atoms with Crippen LogP contribution >= 0.6 is 0 Å². The molecule has 1 rings (SSSR count). The lowest BCUT2D eigenvalue weighted by atomic mass is 10.1. The summed E-state index contributed by atoms with van der Waals surface area (Å²) in [5.41, 5.74) is 1.35. The van der Waals surface area contributed by atoms with E-state index in [9.17, 15) is 0 Å². The Morgan fingerprint density at radius 1 is 1.67 bits per heavy atom. The number of rotatable bonds is 5. The van der Waals surface area contributed by atoms with Crippen LogP contribution in [0.1, 0.15) is 18.9 Å². The van der Waals surface area contributed by atoms with Gasteiger partial charge in [0, 0.05) is 19.3 Å². The van der Waals surface area contributed by atoms with E-state index in [0.29, 0.717) is 11.5 Å². The van der Waals surface area contributed by atoms with Gasteiger partial charge in [-0.05, 0) is 18.4 Å². The van der Waals surface area contributed by atoms with Crippen LogP contribution in [0.25, 0.3) is 0 Å². The lowest BCUT2D eigenvalue weighted by molar-refractivity contribution is 0.266. The number of aliphatic hydroxyl groups is 1. The molecule has 1 aromatic heterocycles. The third kappa shape index (κ3) is 3.56. The molecule has 4 nitrogen and oxygen atoms in total. The summed E-state index contributed by atoms with van der Waals surface area (Å²) < 4.78 is 0. The maximum Gasteiger partial charge on any atom is 0.101 e. The molecule has 1 unspecified atom stereocenters. The van der Waals surface area contributed by atoms with Crippen molar-refractivity contribution >= 4 is 5.69 Å². The Hall–Kier alpha value is -1.60. The van der Waals surface area contributed by atoms with E-state index < -0.39 is 0 Å². The first-order chi connectivity index (χ1) is 7.27. The van der Waals surface area contributed by atoms with Crippen LogP contribution in [-0.4, -0.2) is 23.2 Å². The van der Waals surface area contributed by atoms with Gasteiger partial charge in [0.05, 0.1) is 17.4 Å². The van der Waals surface area contributed by atoms with Gasteiger partial charge in [0.2, 0.25) is 0 Å². The number of nitrogens with zero attached hydrogens (tertiary/aromatic N) is 2. The predicted octanol–water partition coefficient (Wildman–Crippen LogP) is 1.38. The van der Waals surface area contributed by atoms with Crippen molar-refractivity contribution in [1.82, 2.24) is 4.98 Å². The zero-order valence-corrected chi connectivity index (χ0v) is 8.77. The van der Waals surface area contributed by atoms with Crippen LogP contribution in [0.5, 0.6) is 0 Å². The van der Waals surface area contributed by atoms with Gasteiger partial charge in [-0.2, -0.15) is 5.26 Å². The number of hydrogen-bond acceptors (Lipinski definition) is 4. The molecule has 0 saturated carbocycles. The van der Waals surface area contributed by atoms with Gasteiger partial charge in [-0.25, -0.2) is 0 Å². The number of nitriles is 1. The molecule has 4 heteroatoms. The summed E-state index contributed by atoms with van der Waals surface area (Å²) in [5.74, 6) is 0.377. The van der Waals surface area contributed by atoms with Crippen molar-refractivity contribution in [3.05, 3.63) is 24.0 Å². The second-order valence-electron chi connectivity index (χ2n) is 3.53. The maximum atomic E-state index is 8.83. The van der Waals surface area contributed by atoms with E-state index >= 15 is 0 Å². The van der Waals surface area contributed by atoms with Crippen molar-refractivity contribution in [3.63, 3.8) is 0 Å². The van der Waals surface area contributed by atoms with Crippen molar-refractivity contribution in [1.29, 1.82) is 5.26 Å². The molecule has 0 spiro atoms. The highest BCUT2D eigenvalue weighted by atomic mass is 16.3. The molecular formula is C11H15N3O. The van der Waals surface area contributed by atoms with Gasteiger partial charge in [-0.3, -0.25) is 4.98 Å². The van der Waals surface area contributed by atoms with Gasteiger partial charge in [-0.1, -0.05) is 6.92 Å². The molecule has 0 aliphatic carbocycles. The van der Waals surface area contributed by atoms with E-state index in [-0.39, 0.29) is 6.61 Å². The number of aromatic nitrogens is 1. The van der Waals surface area contributed by atoms with E-state index in [1.165, 1.54) is 0 Å². The largest absolute Gasteiger partial charge is 0.396 e. The Morgan fingerprint density at radius 2 is 2.47 bits per heavy atom. The van der Waals surface area contributed by atoms with Gasteiger partial charge >= 0.3 is 0 Å². The standard InChI is InChI=1S/C11H15N3O/c1-9(3-5-15)7-14-11-8-13-4-2-10(11)6-12/h2,4,8-9,14-15H,3,5,7H2,1H3. The number of anilines is 1. The molecule has 0 aliphatic rings. The minimum atomic E-state index is 0.195. The molecule has 0 radical (unpaired) electrons. The molecule has 0 aliphatic heterocycles. The lowest BCUT2D eigenvalue weighted by Crippen LogP contribution is -2.13. The second-order valence-corrected chi connectivity index (χ2v) is 3.53. The first-order valence-electron chi connectivity index (χ1n) is 4.96. The normalized spacial score (nSPS) is 11.8. The summed E-state index contributed by atoms with van der Waals surface area (Å²) in [6.45, 7) is 2.98. The summed E-state index contributed by atoms with van der Waals surface area (Å²) in [6.07, 6.45) is 4.00. The first kappa shape index (κ1) is 11.5. The molecular weight excluding hydrogens is 190 g/mol. The average molecular weight is 205 g/mol. The van der Waals surface area contributed by atoms with Gasteiger partial charge in [0.25, 0.3) is 0 Å². The van der Waals surface area contributed by atoms with Gasteiger partial charge in [0.15, 0.2) is 0 Å². The molecule has 15 heavy (non-hydrogen) atoms. The molecule has 2 N–H and O–H groups in total. The van der Waals surface area contributed by atoms with E-state index in [1.807, 2.05) is 6.92 Å². The van der Waals surface area contributed by atoms with E-state index in [2.05, 4.69) is 16.4 Å². The molecule has 1 aromatic rings. The quantitative estimate of drug-likeness (QED) is 0.762. The van der Waals surface area contributed by atoms with Crippen LogP contribution in [0, 0.1) is 17.2 Å². The highest BCUT2D eigenvalue weighted by Gasteiger charge is 2.04. The number of nitrogens with one attached hydrogen (secondary N) is 1. The number of pyridine rings is 1. The summed E-state index contributed by atoms with van der Waals surface area (Å²) in [6, 6.07) is 3.78. The maximum absolute atomic E-state index is 8.83. The smallest absolute Gasteiger partial charge is 0.101 e. The Balaban J connectivity index is 2.54. The lowest BCUT2D eigenvalue weighted by Gasteiger charge is -2.12. The van der Waals surface area contributed by atoms with Crippen molar-refractivity contribution < 1.29 is 5.11 Å². The minimum absolute atomic E-state index is 0.195. The molecule has 0 fully saturated rings. The third-order valence-electron chi connectivity index (χ3n) is 2.20. The Labute approximate surface area is 89.6 Å². The Kier molecular flexibility index (Phi) is 4.58. The molecule has 1 atom stereocenters. The molecule has 0 aromatic carbocycles. The highest BCUT2D eigenvalue weighted by Crippen LogP contribution is 2.12. The van der Waals surface area contributed by atoms with Crippen LogP contribution in [0.3, 0.4) is 0 Å². The average Bonchev–Trinajstić information content (AvgIpc) is 2.27. The number of hydrogen-bond donors (Lipinski definition) is 2. The molecule has 1 heterocycles. The summed E-state index contributed by atoms with van der Waals surface area (Å²) >= 11 is 0. The van der Waals surface area contributed by atoms with Crippen LogP contribution in [0.4, 0.5) is 5.69 Å². The topological polar surface area (TPSA) is 68.9 Å². The van der Waals surface area contributed by atoms with Gasteiger partial charge in [0.1, 0.15) is 6.07 Å². The van der Waals surface area contributed by atoms with Crippen LogP contribution in [0.15, 0.2) is 18.5 Å². The van der Waals surface area contributed by atoms with Gasteiger partial charge in [-0.15, -0.1) is 0 Å². The Morgan fingerprint density at radius 3 is 3.13 bits per heavy atom. The van der Waals surface area contributed by atoms with Crippen LogP contribution < -0.4 is 5.32 Å².